The molecule has 0 aromatic heterocycles. The molecule has 2 aromatic rings. The average molecular weight is 539 g/mol. The van der Waals surface area contributed by atoms with E-state index in [-0.39, 0.29) is 17.9 Å². The number of ether oxygens (including phenoxy) is 3. The summed E-state index contributed by atoms with van der Waals surface area (Å²) in [5.74, 6) is 1.47. The second-order valence-corrected chi connectivity index (χ2v) is 10.5. The SMILES string of the molecule is CCOc1cc(C(=O)N2CCC3(O)CCCCC3C2c2ccc(N(CC)CC)cc2)cc(OCC)c1OCC. The summed E-state index contributed by atoms with van der Waals surface area (Å²) in [6, 6.07) is 11.9. The van der Waals surface area contributed by atoms with Gasteiger partial charge in [0.25, 0.3) is 5.91 Å². The molecule has 39 heavy (non-hydrogen) atoms. The van der Waals surface area contributed by atoms with E-state index in [4.69, 9.17) is 14.2 Å². The molecule has 0 radical (unpaired) electrons. The number of hydrogen-bond donors (Lipinski definition) is 1. The Balaban J connectivity index is 1.76. The van der Waals surface area contributed by atoms with Crippen molar-refractivity contribution in [2.75, 3.05) is 44.4 Å². The van der Waals surface area contributed by atoms with Gasteiger partial charge in [0, 0.05) is 36.8 Å². The zero-order valence-electron chi connectivity index (χ0n) is 24.4. The lowest BCUT2D eigenvalue weighted by Gasteiger charge is -2.52. The highest BCUT2D eigenvalue weighted by atomic mass is 16.5. The Morgan fingerprint density at radius 2 is 1.54 bits per heavy atom. The van der Waals surface area contributed by atoms with Gasteiger partial charge >= 0.3 is 0 Å². The number of carbonyl (C=O) groups is 1. The normalized spacial score (nSPS) is 22.7. The van der Waals surface area contributed by atoms with E-state index < -0.39 is 5.60 Å². The number of amides is 1. The molecular formula is C32H46N2O5. The van der Waals surface area contributed by atoms with E-state index in [1.807, 2.05) is 25.7 Å². The maximum atomic E-state index is 14.3. The molecule has 214 valence electrons. The van der Waals surface area contributed by atoms with Gasteiger partial charge in [0.2, 0.25) is 5.75 Å². The minimum atomic E-state index is -0.747. The Kier molecular flexibility index (Phi) is 9.65. The molecule has 1 heterocycles. The standard InChI is InChI=1S/C32H46N2O5/c1-6-33(7-2)25-16-14-23(15-17-25)29-26-13-11-12-18-32(26,36)19-20-34(29)31(35)24-21-27(37-8-3)30(39-10-5)28(22-24)38-9-4/h14-17,21-22,26,29,36H,6-13,18-20H2,1-5H3. The van der Waals surface area contributed by atoms with Crippen LogP contribution in [0.1, 0.15) is 88.7 Å². The molecular weight excluding hydrogens is 492 g/mol. The second kappa shape index (κ2) is 12.9. The van der Waals surface area contributed by atoms with Crippen molar-refractivity contribution in [3.05, 3.63) is 47.5 Å². The zero-order valence-corrected chi connectivity index (χ0v) is 24.4. The van der Waals surface area contributed by atoms with Gasteiger partial charge in [-0.15, -0.1) is 0 Å². The largest absolute Gasteiger partial charge is 0.490 e. The van der Waals surface area contributed by atoms with Gasteiger partial charge in [-0.05, 0) is 83.7 Å². The van der Waals surface area contributed by atoms with Crippen molar-refractivity contribution in [3.8, 4) is 17.2 Å². The van der Waals surface area contributed by atoms with Gasteiger partial charge in [0.1, 0.15) is 0 Å². The number of aliphatic hydroxyl groups is 1. The summed E-state index contributed by atoms with van der Waals surface area (Å²) in [5, 5.41) is 11.7. The maximum absolute atomic E-state index is 14.3. The Morgan fingerprint density at radius 1 is 0.923 bits per heavy atom. The minimum Gasteiger partial charge on any atom is -0.490 e. The van der Waals surface area contributed by atoms with E-state index in [0.717, 1.165) is 44.3 Å². The van der Waals surface area contributed by atoms with Crippen molar-refractivity contribution < 1.29 is 24.1 Å². The summed E-state index contributed by atoms with van der Waals surface area (Å²) in [5.41, 5.74) is 2.01. The fourth-order valence-corrected chi connectivity index (χ4v) is 6.47. The maximum Gasteiger partial charge on any atom is 0.254 e. The van der Waals surface area contributed by atoms with Gasteiger partial charge in [0.05, 0.1) is 31.5 Å². The number of rotatable bonds is 11. The van der Waals surface area contributed by atoms with Crippen molar-refractivity contribution in [2.45, 2.75) is 78.4 Å². The van der Waals surface area contributed by atoms with Crippen LogP contribution in [-0.4, -0.2) is 61.0 Å². The summed E-state index contributed by atoms with van der Waals surface area (Å²) in [6.07, 6.45) is 4.38. The van der Waals surface area contributed by atoms with Crippen LogP contribution in [-0.2, 0) is 0 Å². The predicted molar refractivity (Wildman–Crippen MR) is 155 cm³/mol. The van der Waals surface area contributed by atoms with E-state index in [2.05, 4.69) is 43.0 Å². The Hall–Kier alpha value is -2.93. The first-order chi connectivity index (χ1) is 18.9. The van der Waals surface area contributed by atoms with E-state index in [9.17, 15) is 9.90 Å². The van der Waals surface area contributed by atoms with E-state index >= 15 is 0 Å². The zero-order chi connectivity index (χ0) is 28.0. The number of likely N-dealkylation sites (tertiary alicyclic amines) is 1. The first-order valence-electron chi connectivity index (χ1n) is 14.8. The lowest BCUT2D eigenvalue weighted by Crippen LogP contribution is -2.56. The van der Waals surface area contributed by atoms with Gasteiger partial charge in [-0.3, -0.25) is 4.79 Å². The van der Waals surface area contributed by atoms with Crippen LogP contribution in [0, 0.1) is 5.92 Å². The predicted octanol–water partition coefficient (Wildman–Crippen LogP) is 6.24. The minimum absolute atomic E-state index is 0.0105. The van der Waals surface area contributed by atoms with Crippen LogP contribution in [0.3, 0.4) is 0 Å². The molecule has 3 unspecified atom stereocenters. The van der Waals surface area contributed by atoms with Crippen LogP contribution in [0.15, 0.2) is 36.4 Å². The molecule has 4 rings (SSSR count). The van der Waals surface area contributed by atoms with Crippen molar-refractivity contribution in [1.82, 2.24) is 4.90 Å². The third-order valence-corrected chi connectivity index (χ3v) is 8.35. The smallest absolute Gasteiger partial charge is 0.254 e. The molecule has 1 amide bonds. The van der Waals surface area contributed by atoms with Crippen LogP contribution >= 0.6 is 0 Å². The Labute approximate surface area is 234 Å². The number of piperidine rings is 1. The quantitative estimate of drug-likeness (QED) is 0.365. The van der Waals surface area contributed by atoms with Crippen LogP contribution in [0.4, 0.5) is 5.69 Å². The summed E-state index contributed by atoms with van der Waals surface area (Å²) in [4.78, 5) is 18.6. The lowest BCUT2D eigenvalue weighted by molar-refractivity contribution is -0.115. The Morgan fingerprint density at radius 3 is 2.10 bits per heavy atom. The molecule has 3 atom stereocenters. The number of nitrogens with zero attached hydrogens (tertiary/aromatic N) is 2. The molecule has 2 aliphatic rings. The molecule has 2 fully saturated rings. The van der Waals surface area contributed by atoms with E-state index in [1.54, 1.807) is 12.1 Å². The highest BCUT2D eigenvalue weighted by molar-refractivity contribution is 5.96. The van der Waals surface area contributed by atoms with Crippen molar-refractivity contribution in [1.29, 1.82) is 0 Å². The molecule has 2 aromatic carbocycles. The molecule has 1 saturated heterocycles. The third kappa shape index (κ3) is 5.98. The van der Waals surface area contributed by atoms with Gasteiger partial charge in [-0.1, -0.05) is 25.0 Å². The van der Waals surface area contributed by atoms with E-state index in [1.165, 1.54) is 5.69 Å². The molecule has 7 nitrogen and oxygen atoms in total. The van der Waals surface area contributed by atoms with Crippen LogP contribution in [0.2, 0.25) is 0 Å². The van der Waals surface area contributed by atoms with Gasteiger partial charge < -0.3 is 29.1 Å². The first kappa shape index (κ1) is 29.1. The second-order valence-electron chi connectivity index (χ2n) is 10.5. The number of fused-ring (bicyclic) bond motifs is 1. The van der Waals surface area contributed by atoms with Crippen molar-refractivity contribution in [3.63, 3.8) is 0 Å². The number of benzene rings is 2. The average Bonchev–Trinajstić information content (AvgIpc) is 2.94. The van der Waals surface area contributed by atoms with E-state index in [0.29, 0.717) is 55.6 Å². The summed E-state index contributed by atoms with van der Waals surface area (Å²) in [7, 11) is 0. The van der Waals surface area contributed by atoms with Crippen LogP contribution in [0.5, 0.6) is 17.2 Å². The molecule has 0 spiro atoms. The molecule has 7 heteroatoms. The van der Waals surface area contributed by atoms with Crippen molar-refractivity contribution in [2.24, 2.45) is 5.92 Å². The fourth-order valence-electron chi connectivity index (χ4n) is 6.47. The number of anilines is 1. The molecule has 1 aliphatic carbocycles. The fraction of sp³-hybridized carbons (Fsp3) is 0.594. The monoisotopic (exact) mass is 538 g/mol. The van der Waals surface area contributed by atoms with Crippen molar-refractivity contribution >= 4 is 11.6 Å². The lowest BCUT2D eigenvalue weighted by atomic mass is 9.66. The Bertz CT molecular complexity index is 1070. The summed E-state index contributed by atoms with van der Waals surface area (Å²) in [6.45, 7) is 13.8. The molecule has 0 bridgehead atoms. The molecule has 1 saturated carbocycles. The number of carbonyl (C=O) groups excluding carboxylic acids is 1. The van der Waals surface area contributed by atoms with Gasteiger partial charge in [-0.25, -0.2) is 0 Å². The van der Waals surface area contributed by atoms with Crippen LogP contribution < -0.4 is 19.1 Å². The highest BCUT2D eigenvalue weighted by Crippen LogP contribution is 2.50. The van der Waals surface area contributed by atoms with Crippen LogP contribution in [0.25, 0.3) is 0 Å². The first-order valence-corrected chi connectivity index (χ1v) is 14.8. The molecule has 1 aliphatic heterocycles. The summed E-state index contributed by atoms with van der Waals surface area (Å²) < 4.78 is 17.7. The highest BCUT2D eigenvalue weighted by Gasteiger charge is 2.50. The third-order valence-electron chi connectivity index (χ3n) is 8.35. The topological polar surface area (TPSA) is 71.5 Å². The summed E-state index contributed by atoms with van der Waals surface area (Å²) >= 11 is 0. The van der Waals surface area contributed by atoms with Gasteiger partial charge in [-0.2, -0.15) is 0 Å². The number of hydrogen-bond acceptors (Lipinski definition) is 6. The molecule has 1 N–H and O–H groups in total. The van der Waals surface area contributed by atoms with Gasteiger partial charge in [0.15, 0.2) is 11.5 Å².